The maximum absolute atomic E-state index is 10.6. The van der Waals surface area contributed by atoms with Crippen LogP contribution in [0.25, 0.3) is 6.08 Å². The number of benzene rings is 1. The van der Waals surface area contributed by atoms with Crippen molar-refractivity contribution in [2.24, 2.45) is 0 Å². The average molecular weight is 349 g/mol. The van der Waals surface area contributed by atoms with Crippen LogP contribution in [0.15, 0.2) is 42.7 Å². The fourth-order valence-electron chi connectivity index (χ4n) is 3.10. The molecule has 1 atom stereocenters. The number of hydrogen-bond acceptors (Lipinski definition) is 6. The van der Waals surface area contributed by atoms with E-state index in [-0.39, 0.29) is 5.54 Å². The van der Waals surface area contributed by atoms with Crippen molar-refractivity contribution < 1.29 is 9.90 Å². The molecule has 3 rings (SSSR count). The van der Waals surface area contributed by atoms with Crippen molar-refractivity contribution in [2.45, 2.75) is 18.4 Å². The number of aliphatic carboxylic acids is 1. The fourth-order valence-corrected chi connectivity index (χ4v) is 3.10. The van der Waals surface area contributed by atoms with E-state index in [2.05, 4.69) is 26.7 Å². The largest absolute Gasteiger partial charge is 0.478 e. The Balaban J connectivity index is 1.75. The standard InChI is InChI=1S/C19H19N5O2/c20-10-15-3-1-2-14(8-15)9-19(6-7-21-13-19)24-17-12-22-16(11-23-17)4-5-18(25)26/h1-5,8,11-12,21H,6-7,9,13H2,(H,23,24)(H,25,26)/b5-4+/t19-/m0/s1. The van der Waals surface area contributed by atoms with Gasteiger partial charge in [-0.3, -0.25) is 4.98 Å². The van der Waals surface area contributed by atoms with Gasteiger partial charge in [-0.15, -0.1) is 0 Å². The van der Waals surface area contributed by atoms with Crippen molar-refractivity contribution in [2.75, 3.05) is 18.4 Å². The highest BCUT2D eigenvalue weighted by molar-refractivity contribution is 5.84. The van der Waals surface area contributed by atoms with E-state index < -0.39 is 5.97 Å². The SMILES string of the molecule is N#Cc1cccc(C[C@@]2(Nc3cnc(/C=C/C(=O)O)cn3)CCNC2)c1. The number of carbonyl (C=O) groups is 1. The second-order valence-corrected chi connectivity index (χ2v) is 6.32. The minimum atomic E-state index is -1.02. The first kappa shape index (κ1) is 17.6. The Morgan fingerprint density at radius 2 is 2.31 bits per heavy atom. The number of aromatic nitrogens is 2. The molecule has 1 aromatic heterocycles. The van der Waals surface area contributed by atoms with E-state index in [1.807, 2.05) is 18.2 Å². The molecular weight excluding hydrogens is 330 g/mol. The van der Waals surface area contributed by atoms with Crippen molar-refractivity contribution >= 4 is 17.9 Å². The number of nitrogens with one attached hydrogen (secondary N) is 2. The van der Waals surface area contributed by atoms with E-state index in [1.54, 1.807) is 12.3 Å². The maximum Gasteiger partial charge on any atom is 0.328 e. The molecular formula is C19H19N5O2. The maximum atomic E-state index is 10.6. The topological polar surface area (TPSA) is 111 Å². The lowest BCUT2D eigenvalue weighted by atomic mass is 9.89. The third kappa shape index (κ3) is 4.43. The summed E-state index contributed by atoms with van der Waals surface area (Å²) in [6, 6.07) is 9.80. The van der Waals surface area contributed by atoms with Crippen molar-refractivity contribution in [1.29, 1.82) is 5.26 Å². The molecule has 1 aromatic carbocycles. The van der Waals surface area contributed by atoms with Gasteiger partial charge in [-0.25, -0.2) is 9.78 Å². The summed E-state index contributed by atoms with van der Waals surface area (Å²) in [5.41, 5.74) is 2.02. The average Bonchev–Trinajstić information content (AvgIpc) is 3.09. The number of carboxylic acids is 1. The highest BCUT2D eigenvalue weighted by Crippen LogP contribution is 2.25. The van der Waals surface area contributed by atoms with E-state index in [9.17, 15) is 4.79 Å². The van der Waals surface area contributed by atoms with Crippen molar-refractivity contribution in [1.82, 2.24) is 15.3 Å². The summed E-state index contributed by atoms with van der Waals surface area (Å²) in [7, 11) is 0. The first-order valence-corrected chi connectivity index (χ1v) is 8.30. The van der Waals surface area contributed by atoms with Gasteiger partial charge in [-0.2, -0.15) is 5.26 Å². The molecule has 0 saturated carbocycles. The predicted octanol–water partition coefficient (Wildman–Crippen LogP) is 1.83. The van der Waals surface area contributed by atoms with Crippen LogP contribution in [0.3, 0.4) is 0 Å². The van der Waals surface area contributed by atoms with Crippen LogP contribution in [0.5, 0.6) is 0 Å². The van der Waals surface area contributed by atoms with Gasteiger partial charge in [0.05, 0.1) is 35.3 Å². The summed E-state index contributed by atoms with van der Waals surface area (Å²) in [6.45, 7) is 1.68. The van der Waals surface area contributed by atoms with E-state index >= 15 is 0 Å². The monoisotopic (exact) mass is 349 g/mol. The van der Waals surface area contributed by atoms with Gasteiger partial charge in [0.15, 0.2) is 0 Å². The zero-order valence-electron chi connectivity index (χ0n) is 14.1. The molecule has 1 aliphatic heterocycles. The van der Waals surface area contributed by atoms with Gasteiger partial charge in [0, 0.05) is 12.6 Å². The molecule has 0 bridgehead atoms. The van der Waals surface area contributed by atoms with Gasteiger partial charge in [0.1, 0.15) is 5.82 Å². The fraction of sp³-hybridized carbons (Fsp3) is 0.263. The molecule has 0 amide bonds. The van der Waals surface area contributed by atoms with Gasteiger partial charge in [0.2, 0.25) is 0 Å². The molecule has 1 saturated heterocycles. The van der Waals surface area contributed by atoms with Crippen LogP contribution in [0, 0.1) is 11.3 Å². The number of carboxylic acid groups (broad SMARTS) is 1. The number of nitriles is 1. The van der Waals surface area contributed by atoms with E-state index in [1.165, 1.54) is 12.3 Å². The predicted molar refractivity (Wildman–Crippen MR) is 97.4 cm³/mol. The highest BCUT2D eigenvalue weighted by atomic mass is 16.4. The summed E-state index contributed by atoms with van der Waals surface area (Å²) < 4.78 is 0. The molecule has 132 valence electrons. The molecule has 26 heavy (non-hydrogen) atoms. The Morgan fingerprint density at radius 1 is 1.42 bits per heavy atom. The molecule has 0 aliphatic carbocycles. The quantitative estimate of drug-likeness (QED) is 0.682. The third-order valence-electron chi connectivity index (χ3n) is 4.30. The van der Waals surface area contributed by atoms with Crippen LogP contribution in [0.1, 0.15) is 23.2 Å². The van der Waals surface area contributed by atoms with E-state index in [0.717, 1.165) is 37.6 Å². The second-order valence-electron chi connectivity index (χ2n) is 6.32. The molecule has 0 unspecified atom stereocenters. The number of anilines is 1. The van der Waals surface area contributed by atoms with Gasteiger partial charge in [0.25, 0.3) is 0 Å². The Hall–Kier alpha value is -3.24. The van der Waals surface area contributed by atoms with Gasteiger partial charge < -0.3 is 15.7 Å². The van der Waals surface area contributed by atoms with E-state index in [4.69, 9.17) is 10.4 Å². The normalized spacial score (nSPS) is 19.3. The highest BCUT2D eigenvalue weighted by Gasteiger charge is 2.34. The van der Waals surface area contributed by atoms with Crippen LogP contribution >= 0.6 is 0 Å². The van der Waals surface area contributed by atoms with E-state index in [0.29, 0.717) is 17.1 Å². The van der Waals surface area contributed by atoms with Crippen LogP contribution in [-0.4, -0.2) is 39.7 Å². The Labute approximate surface area is 151 Å². The second kappa shape index (κ2) is 7.76. The van der Waals surface area contributed by atoms with Crippen LogP contribution < -0.4 is 10.6 Å². The van der Waals surface area contributed by atoms with Crippen LogP contribution in [0.4, 0.5) is 5.82 Å². The number of hydrogen-bond donors (Lipinski definition) is 3. The Kier molecular flexibility index (Phi) is 5.25. The molecule has 2 aromatic rings. The van der Waals surface area contributed by atoms with Crippen molar-refractivity contribution in [3.63, 3.8) is 0 Å². The van der Waals surface area contributed by atoms with Gasteiger partial charge in [-0.05, 0) is 43.2 Å². The molecule has 7 heteroatoms. The third-order valence-corrected chi connectivity index (χ3v) is 4.30. The van der Waals surface area contributed by atoms with Gasteiger partial charge >= 0.3 is 5.97 Å². The number of rotatable bonds is 6. The molecule has 3 N–H and O–H groups in total. The molecule has 1 fully saturated rings. The molecule has 1 aliphatic rings. The summed E-state index contributed by atoms with van der Waals surface area (Å²) in [5.74, 6) is -0.387. The molecule has 7 nitrogen and oxygen atoms in total. The van der Waals surface area contributed by atoms with Crippen LogP contribution in [-0.2, 0) is 11.2 Å². The summed E-state index contributed by atoms with van der Waals surface area (Å²) in [4.78, 5) is 19.1. The molecule has 2 heterocycles. The summed E-state index contributed by atoms with van der Waals surface area (Å²) in [6.07, 6.45) is 7.26. The zero-order valence-corrected chi connectivity index (χ0v) is 14.1. The first-order chi connectivity index (χ1) is 12.6. The van der Waals surface area contributed by atoms with Crippen LogP contribution in [0.2, 0.25) is 0 Å². The summed E-state index contributed by atoms with van der Waals surface area (Å²) >= 11 is 0. The smallest absolute Gasteiger partial charge is 0.328 e. The lowest BCUT2D eigenvalue weighted by Gasteiger charge is -2.30. The Bertz CT molecular complexity index is 849. The van der Waals surface area contributed by atoms with Crippen molar-refractivity contribution in [3.8, 4) is 6.07 Å². The molecule has 0 spiro atoms. The first-order valence-electron chi connectivity index (χ1n) is 8.30. The lowest BCUT2D eigenvalue weighted by molar-refractivity contribution is -0.131. The minimum Gasteiger partial charge on any atom is -0.478 e. The van der Waals surface area contributed by atoms with Gasteiger partial charge in [-0.1, -0.05) is 12.1 Å². The summed E-state index contributed by atoms with van der Waals surface area (Å²) in [5, 5.41) is 24.6. The Morgan fingerprint density at radius 3 is 2.96 bits per heavy atom. The molecule has 0 radical (unpaired) electrons. The number of nitrogens with zero attached hydrogens (tertiary/aromatic N) is 3. The minimum absolute atomic E-state index is 0.207. The van der Waals surface area contributed by atoms with Crippen molar-refractivity contribution in [3.05, 3.63) is 59.6 Å². The lowest BCUT2D eigenvalue weighted by Crippen LogP contribution is -2.43. The zero-order chi connectivity index (χ0) is 18.4.